The summed E-state index contributed by atoms with van der Waals surface area (Å²) in [6.45, 7) is 6.16. The molecule has 4 N–H and O–H groups in total. The number of guanidine groups is 1. The van der Waals surface area contributed by atoms with Crippen molar-refractivity contribution in [2.75, 3.05) is 39.4 Å². The van der Waals surface area contributed by atoms with E-state index in [1.807, 2.05) is 19.1 Å². The maximum absolute atomic E-state index is 12.0. The second-order valence-corrected chi connectivity index (χ2v) is 7.42. The Labute approximate surface area is 177 Å². The molecule has 164 valence electrons. The van der Waals surface area contributed by atoms with Crippen LogP contribution in [0.2, 0.25) is 0 Å². The Balaban J connectivity index is 1.60. The van der Waals surface area contributed by atoms with E-state index in [4.69, 9.17) is 20.2 Å². The van der Waals surface area contributed by atoms with Crippen LogP contribution in [0.25, 0.3) is 0 Å². The Bertz CT molecular complexity index is 746. The number of benzene rings is 1. The number of aliphatic imine (C=N–C) groups is 1. The van der Waals surface area contributed by atoms with Gasteiger partial charge in [-0.3, -0.25) is 9.59 Å². The molecule has 2 atom stereocenters. The van der Waals surface area contributed by atoms with Gasteiger partial charge in [0.2, 0.25) is 5.91 Å². The topological polar surface area (TPSA) is 118 Å². The van der Waals surface area contributed by atoms with Crippen molar-refractivity contribution in [3.63, 3.8) is 0 Å². The molecular formula is C21H31N5O4. The first-order chi connectivity index (χ1) is 14.6. The van der Waals surface area contributed by atoms with E-state index in [0.717, 1.165) is 50.6 Å². The predicted molar refractivity (Wildman–Crippen MR) is 113 cm³/mol. The summed E-state index contributed by atoms with van der Waals surface area (Å²) in [4.78, 5) is 29.8. The van der Waals surface area contributed by atoms with Crippen molar-refractivity contribution < 1.29 is 19.1 Å². The van der Waals surface area contributed by atoms with Crippen molar-refractivity contribution in [1.29, 1.82) is 0 Å². The van der Waals surface area contributed by atoms with E-state index >= 15 is 0 Å². The minimum Gasteiger partial charge on any atom is -0.375 e. The van der Waals surface area contributed by atoms with Gasteiger partial charge < -0.3 is 30.7 Å². The predicted octanol–water partition coefficient (Wildman–Crippen LogP) is 0.247. The molecule has 0 bridgehead atoms. The molecule has 1 aromatic rings. The van der Waals surface area contributed by atoms with E-state index in [1.165, 1.54) is 0 Å². The molecule has 2 fully saturated rings. The van der Waals surface area contributed by atoms with Crippen LogP contribution < -0.4 is 16.4 Å². The van der Waals surface area contributed by atoms with E-state index in [-0.39, 0.29) is 24.7 Å². The molecule has 0 radical (unpaired) electrons. The summed E-state index contributed by atoms with van der Waals surface area (Å²) in [5.41, 5.74) is 6.51. The highest BCUT2D eigenvalue weighted by molar-refractivity contribution is 5.96. The van der Waals surface area contributed by atoms with Crippen LogP contribution in [0.1, 0.15) is 35.7 Å². The van der Waals surface area contributed by atoms with E-state index in [9.17, 15) is 9.59 Å². The Morgan fingerprint density at radius 3 is 2.60 bits per heavy atom. The normalized spacial score (nSPS) is 22.0. The molecule has 2 amide bonds. The number of nitrogens with two attached hydrogens (primary N) is 1. The lowest BCUT2D eigenvalue weighted by Crippen LogP contribution is -2.53. The van der Waals surface area contributed by atoms with E-state index in [0.29, 0.717) is 18.7 Å². The number of amides is 2. The maximum Gasteiger partial charge on any atom is 0.251 e. The summed E-state index contributed by atoms with van der Waals surface area (Å²) in [6, 6.07) is 7.16. The second kappa shape index (κ2) is 10.9. The monoisotopic (exact) mass is 417 g/mol. The maximum atomic E-state index is 12.0. The quantitative estimate of drug-likeness (QED) is 0.432. The van der Waals surface area contributed by atoms with Gasteiger partial charge in [-0.1, -0.05) is 12.1 Å². The second-order valence-electron chi connectivity index (χ2n) is 7.42. The van der Waals surface area contributed by atoms with Crippen molar-refractivity contribution in [3.05, 3.63) is 35.4 Å². The molecule has 9 nitrogen and oxygen atoms in total. The molecule has 0 aromatic heterocycles. The highest BCUT2D eigenvalue weighted by Gasteiger charge is 2.32. The smallest absolute Gasteiger partial charge is 0.251 e. The SMILES string of the molecule is CCNC(=NCc1ccc(C(=O)NCC(N)=O)cc1)N1CCOC(C2CCCO2)C1. The van der Waals surface area contributed by atoms with E-state index in [1.54, 1.807) is 12.1 Å². The van der Waals surface area contributed by atoms with Crippen LogP contribution in [0.3, 0.4) is 0 Å². The summed E-state index contributed by atoms with van der Waals surface area (Å²) < 4.78 is 11.7. The third-order valence-corrected chi connectivity index (χ3v) is 5.16. The van der Waals surface area contributed by atoms with Crippen LogP contribution in [0.4, 0.5) is 0 Å². The zero-order chi connectivity index (χ0) is 21.3. The molecule has 2 aliphatic heterocycles. The molecule has 2 unspecified atom stereocenters. The van der Waals surface area contributed by atoms with Crippen molar-refractivity contribution in [3.8, 4) is 0 Å². The van der Waals surface area contributed by atoms with Gasteiger partial charge >= 0.3 is 0 Å². The number of nitrogens with one attached hydrogen (secondary N) is 2. The Morgan fingerprint density at radius 2 is 1.93 bits per heavy atom. The van der Waals surface area contributed by atoms with Crippen molar-refractivity contribution in [1.82, 2.24) is 15.5 Å². The van der Waals surface area contributed by atoms with E-state index < -0.39 is 5.91 Å². The van der Waals surface area contributed by atoms with Gasteiger partial charge in [-0.15, -0.1) is 0 Å². The fourth-order valence-corrected chi connectivity index (χ4v) is 3.61. The van der Waals surface area contributed by atoms with Crippen LogP contribution >= 0.6 is 0 Å². The lowest BCUT2D eigenvalue weighted by molar-refractivity contribution is -0.117. The largest absolute Gasteiger partial charge is 0.375 e. The molecular weight excluding hydrogens is 386 g/mol. The average molecular weight is 418 g/mol. The van der Waals surface area contributed by atoms with E-state index in [2.05, 4.69) is 15.5 Å². The van der Waals surface area contributed by atoms with Gasteiger partial charge in [0, 0.05) is 31.8 Å². The molecule has 0 spiro atoms. The lowest BCUT2D eigenvalue weighted by atomic mass is 10.1. The van der Waals surface area contributed by atoms with Gasteiger partial charge in [-0.2, -0.15) is 0 Å². The lowest BCUT2D eigenvalue weighted by Gasteiger charge is -2.37. The first-order valence-electron chi connectivity index (χ1n) is 10.5. The zero-order valence-corrected chi connectivity index (χ0v) is 17.4. The molecule has 3 rings (SSSR count). The number of rotatable bonds is 7. The Morgan fingerprint density at radius 1 is 1.17 bits per heavy atom. The van der Waals surface area contributed by atoms with Gasteiger partial charge in [0.05, 0.1) is 25.8 Å². The highest BCUT2D eigenvalue weighted by Crippen LogP contribution is 2.21. The number of carbonyl (C=O) groups excluding carboxylic acids is 2. The van der Waals surface area contributed by atoms with Crippen LogP contribution in [0, 0.1) is 0 Å². The van der Waals surface area contributed by atoms with Crippen LogP contribution in [0.15, 0.2) is 29.3 Å². The number of carbonyl (C=O) groups is 2. The van der Waals surface area contributed by atoms with Crippen molar-refractivity contribution >= 4 is 17.8 Å². The molecule has 30 heavy (non-hydrogen) atoms. The first kappa shape index (κ1) is 22.0. The van der Waals surface area contributed by atoms with Crippen molar-refractivity contribution in [2.45, 2.75) is 38.5 Å². The average Bonchev–Trinajstić information content (AvgIpc) is 3.30. The molecule has 2 aliphatic rings. The number of ether oxygens (including phenoxy) is 2. The highest BCUT2D eigenvalue weighted by atomic mass is 16.5. The number of hydrogen-bond donors (Lipinski definition) is 3. The van der Waals surface area contributed by atoms with Gasteiger partial charge in [-0.05, 0) is 37.5 Å². The third kappa shape index (κ3) is 6.17. The van der Waals surface area contributed by atoms with Crippen molar-refractivity contribution in [2.24, 2.45) is 10.7 Å². The van der Waals surface area contributed by atoms with Gasteiger partial charge in [0.25, 0.3) is 5.91 Å². The first-order valence-corrected chi connectivity index (χ1v) is 10.5. The number of hydrogen-bond acceptors (Lipinski definition) is 5. The van der Waals surface area contributed by atoms with Gasteiger partial charge in [-0.25, -0.2) is 4.99 Å². The van der Waals surface area contributed by atoms with Gasteiger partial charge in [0.15, 0.2) is 5.96 Å². The fraction of sp³-hybridized carbons (Fsp3) is 0.571. The summed E-state index contributed by atoms with van der Waals surface area (Å²) >= 11 is 0. The third-order valence-electron chi connectivity index (χ3n) is 5.16. The number of primary amides is 1. The summed E-state index contributed by atoms with van der Waals surface area (Å²) in [6.07, 6.45) is 2.38. The van der Waals surface area contributed by atoms with Gasteiger partial charge in [0.1, 0.15) is 6.10 Å². The molecule has 2 heterocycles. The zero-order valence-electron chi connectivity index (χ0n) is 17.4. The van der Waals surface area contributed by atoms with Crippen LogP contribution in [0.5, 0.6) is 0 Å². The molecule has 0 aliphatic carbocycles. The van der Waals surface area contributed by atoms with Crippen LogP contribution in [-0.2, 0) is 20.8 Å². The summed E-state index contributed by atoms with van der Waals surface area (Å²) in [7, 11) is 0. The number of nitrogens with zero attached hydrogens (tertiary/aromatic N) is 2. The number of morpholine rings is 1. The summed E-state index contributed by atoms with van der Waals surface area (Å²) in [5, 5.41) is 5.84. The van der Waals surface area contributed by atoms with Crippen LogP contribution in [-0.4, -0.2) is 74.3 Å². The minimum absolute atomic E-state index is 0.0725. The fourth-order valence-electron chi connectivity index (χ4n) is 3.61. The molecule has 9 heteroatoms. The standard InChI is InChI=1S/C21H31N5O4/c1-2-23-21(26-9-11-30-18(14-26)17-4-3-10-29-17)25-12-15-5-7-16(8-6-15)20(28)24-13-19(22)27/h5-8,17-18H,2-4,9-14H2,1H3,(H2,22,27)(H,23,25)(H,24,28). The molecule has 2 saturated heterocycles. The Hall–Kier alpha value is -2.65. The molecule has 0 saturated carbocycles. The minimum atomic E-state index is -0.574. The molecule has 1 aromatic carbocycles. The Kier molecular flexibility index (Phi) is 8.04. The summed E-state index contributed by atoms with van der Waals surface area (Å²) in [5.74, 6) is -0.0483.